The molecule has 4 heteroatoms. The SMILES string of the molecule is COc1cccc(C=O)c1N1CCC(N(C)C)C1. The number of carbonyl (C=O) groups is 1. The standard InChI is InChI=1S/C14H20N2O2/c1-15(2)12-7-8-16(9-12)14-11(10-17)5-4-6-13(14)18-3/h4-6,10,12H,7-9H2,1-3H3. The predicted molar refractivity (Wildman–Crippen MR) is 72.7 cm³/mol. The predicted octanol–water partition coefficient (Wildman–Crippen LogP) is 1.65. The summed E-state index contributed by atoms with van der Waals surface area (Å²) in [5.41, 5.74) is 1.63. The number of rotatable bonds is 4. The summed E-state index contributed by atoms with van der Waals surface area (Å²) in [6.45, 7) is 1.90. The first kappa shape index (κ1) is 12.9. The number of ether oxygens (including phenoxy) is 1. The fourth-order valence-corrected chi connectivity index (χ4v) is 2.50. The lowest BCUT2D eigenvalue weighted by atomic mass is 10.1. The molecular weight excluding hydrogens is 228 g/mol. The van der Waals surface area contributed by atoms with E-state index >= 15 is 0 Å². The number of methoxy groups -OCH3 is 1. The van der Waals surface area contributed by atoms with Crippen molar-refractivity contribution in [3.8, 4) is 5.75 Å². The minimum atomic E-state index is 0.536. The van der Waals surface area contributed by atoms with Crippen molar-refractivity contribution in [2.45, 2.75) is 12.5 Å². The smallest absolute Gasteiger partial charge is 0.152 e. The van der Waals surface area contributed by atoms with Crippen LogP contribution in [-0.4, -0.2) is 51.5 Å². The van der Waals surface area contributed by atoms with E-state index in [1.807, 2.05) is 18.2 Å². The minimum absolute atomic E-state index is 0.536. The van der Waals surface area contributed by atoms with Crippen LogP contribution in [-0.2, 0) is 0 Å². The van der Waals surface area contributed by atoms with Gasteiger partial charge in [-0.1, -0.05) is 6.07 Å². The molecule has 4 nitrogen and oxygen atoms in total. The van der Waals surface area contributed by atoms with E-state index in [-0.39, 0.29) is 0 Å². The number of benzene rings is 1. The molecule has 1 saturated heterocycles. The first-order valence-electron chi connectivity index (χ1n) is 6.21. The van der Waals surface area contributed by atoms with Crippen molar-refractivity contribution in [2.75, 3.05) is 39.2 Å². The molecule has 1 fully saturated rings. The number of nitrogens with zero attached hydrogens (tertiary/aromatic N) is 2. The average Bonchev–Trinajstić information content (AvgIpc) is 2.87. The molecule has 1 aliphatic heterocycles. The Hall–Kier alpha value is -1.55. The van der Waals surface area contributed by atoms with Crippen molar-refractivity contribution >= 4 is 12.0 Å². The molecule has 0 spiro atoms. The molecule has 18 heavy (non-hydrogen) atoms. The quantitative estimate of drug-likeness (QED) is 0.759. The molecule has 0 saturated carbocycles. The van der Waals surface area contributed by atoms with Crippen molar-refractivity contribution < 1.29 is 9.53 Å². The van der Waals surface area contributed by atoms with Crippen molar-refractivity contribution in [3.05, 3.63) is 23.8 Å². The largest absolute Gasteiger partial charge is 0.495 e. The maximum absolute atomic E-state index is 11.2. The van der Waals surface area contributed by atoms with Crippen LogP contribution >= 0.6 is 0 Å². The van der Waals surface area contributed by atoms with Gasteiger partial charge < -0.3 is 14.5 Å². The number of hydrogen-bond acceptors (Lipinski definition) is 4. The zero-order valence-corrected chi connectivity index (χ0v) is 11.2. The highest BCUT2D eigenvalue weighted by atomic mass is 16.5. The molecule has 0 aliphatic carbocycles. The highest BCUT2D eigenvalue weighted by molar-refractivity contribution is 5.87. The van der Waals surface area contributed by atoms with Gasteiger partial charge in [-0.15, -0.1) is 0 Å². The van der Waals surface area contributed by atoms with Gasteiger partial charge in [0, 0.05) is 24.7 Å². The molecule has 0 radical (unpaired) electrons. The van der Waals surface area contributed by atoms with Crippen LogP contribution < -0.4 is 9.64 Å². The van der Waals surface area contributed by atoms with Gasteiger partial charge in [0.1, 0.15) is 5.75 Å². The Bertz CT molecular complexity index is 432. The van der Waals surface area contributed by atoms with Crippen LogP contribution in [0.3, 0.4) is 0 Å². The van der Waals surface area contributed by atoms with E-state index in [9.17, 15) is 4.79 Å². The monoisotopic (exact) mass is 248 g/mol. The summed E-state index contributed by atoms with van der Waals surface area (Å²) in [5, 5.41) is 0. The molecule has 0 aromatic heterocycles. The van der Waals surface area contributed by atoms with E-state index < -0.39 is 0 Å². The fourth-order valence-electron chi connectivity index (χ4n) is 2.50. The number of para-hydroxylation sites is 1. The molecule has 98 valence electrons. The van der Waals surface area contributed by atoms with Gasteiger partial charge in [0.15, 0.2) is 6.29 Å². The normalized spacial score (nSPS) is 19.3. The number of anilines is 1. The highest BCUT2D eigenvalue weighted by Gasteiger charge is 2.27. The maximum atomic E-state index is 11.2. The van der Waals surface area contributed by atoms with Gasteiger partial charge >= 0.3 is 0 Å². The molecule has 1 aromatic carbocycles. The zero-order chi connectivity index (χ0) is 13.1. The van der Waals surface area contributed by atoms with Crippen LogP contribution in [0.15, 0.2) is 18.2 Å². The lowest BCUT2D eigenvalue weighted by Crippen LogP contribution is -2.31. The number of likely N-dealkylation sites (N-methyl/N-ethyl adjacent to an activating group) is 1. The summed E-state index contributed by atoms with van der Waals surface area (Å²) in [5.74, 6) is 0.777. The molecule has 1 aliphatic rings. The van der Waals surface area contributed by atoms with Crippen LogP contribution in [0, 0.1) is 0 Å². The molecule has 2 rings (SSSR count). The first-order valence-corrected chi connectivity index (χ1v) is 6.21. The number of carbonyl (C=O) groups excluding carboxylic acids is 1. The lowest BCUT2D eigenvalue weighted by Gasteiger charge is -2.24. The summed E-state index contributed by atoms with van der Waals surface area (Å²) in [6, 6.07) is 6.14. The van der Waals surface area contributed by atoms with Gasteiger partial charge in [0.05, 0.1) is 12.8 Å². The van der Waals surface area contributed by atoms with Crippen molar-refractivity contribution in [2.24, 2.45) is 0 Å². The van der Waals surface area contributed by atoms with Gasteiger partial charge in [-0.2, -0.15) is 0 Å². The van der Waals surface area contributed by atoms with E-state index in [0.717, 1.165) is 37.2 Å². The second-order valence-electron chi connectivity index (χ2n) is 4.87. The molecule has 1 atom stereocenters. The second-order valence-corrected chi connectivity index (χ2v) is 4.87. The van der Waals surface area contributed by atoms with Gasteiger partial charge in [-0.3, -0.25) is 4.79 Å². The van der Waals surface area contributed by atoms with E-state index in [1.165, 1.54) is 0 Å². The van der Waals surface area contributed by atoms with Crippen LogP contribution in [0.25, 0.3) is 0 Å². The van der Waals surface area contributed by atoms with Crippen LogP contribution in [0.5, 0.6) is 5.75 Å². The Kier molecular flexibility index (Phi) is 3.87. The Balaban J connectivity index is 2.30. The first-order chi connectivity index (χ1) is 8.67. The molecule has 0 bridgehead atoms. The Labute approximate surface area is 108 Å². The highest BCUT2D eigenvalue weighted by Crippen LogP contribution is 2.34. The van der Waals surface area contributed by atoms with Crippen molar-refractivity contribution in [3.63, 3.8) is 0 Å². The van der Waals surface area contributed by atoms with E-state index in [0.29, 0.717) is 11.6 Å². The van der Waals surface area contributed by atoms with Gasteiger partial charge in [-0.25, -0.2) is 0 Å². The van der Waals surface area contributed by atoms with Crippen LogP contribution in [0.4, 0.5) is 5.69 Å². The Morgan fingerprint density at radius 1 is 1.44 bits per heavy atom. The molecule has 0 amide bonds. The van der Waals surface area contributed by atoms with Gasteiger partial charge in [0.25, 0.3) is 0 Å². The number of aldehydes is 1. The topological polar surface area (TPSA) is 32.8 Å². The van der Waals surface area contributed by atoms with Crippen molar-refractivity contribution in [1.82, 2.24) is 4.90 Å². The van der Waals surface area contributed by atoms with Crippen LogP contribution in [0.1, 0.15) is 16.8 Å². The van der Waals surface area contributed by atoms with Crippen LogP contribution in [0.2, 0.25) is 0 Å². The summed E-state index contributed by atoms with van der Waals surface area (Å²) >= 11 is 0. The summed E-state index contributed by atoms with van der Waals surface area (Å²) < 4.78 is 5.38. The Morgan fingerprint density at radius 3 is 2.78 bits per heavy atom. The van der Waals surface area contributed by atoms with Crippen molar-refractivity contribution in [1.29, 1.82) is 0 Å². The molecule has 1 aromatic rings. The maximum Gasteiger partial charge on any atom is 0.152 e. The zero-order valence-electron chi connectivity index (χ0n) is 11.2. The summed E-state index contributed by atoms with van der Waals surface area (Å²) in [4.78, 5) is 15.7. The third-order valence-corrected chi connectivity index (χ3v) is 3.59. The fraction of sp³-hybridized carbons (Fsp3) is 0.500. The van der Waals surface area contributed by atoms with E-state index in [2.05, 4.69) is 23.9 Å². The summed E-state index contributed by atoms with van der Waals surface area (Å²) in [6.07, 6.45) is 2.02. The van der Waals surface area contributed by atoms with E-state index in [4.69, 9.17) is 4.74 Å². The minimum Gasteiger partial charge on any atom is -0.495 e. The molecule has 1 heterocycles. The Morgan fingerprint density at radius 2 is 2.22 bits per heavy atom. The summed E-state index contributed by atoms with van der Waals surface area (Å²) in [7, 11) is 5.83. The van der Waals surface area contributed by atoms with E-state index in [1.54, 1.807) is 7.11 Å². The molecular formula is C14H20N2O2. The average molecular weight is 248 g/mol. The lowest BCUT2D eigenvalue weighted by molar-refractivity contribution is 0.112. The van der Waals surface area contributed by atoms with Gasteiger partial charge in [-0.05, 0) is 32.6 Å². The molecule has 0 N–H and O–H groups in total. The van der Waals surface area contributed by atoms with Gasteiger partial charge in [0.2, 0.25) is 0 Å². The third-order valence-electron chi connectivity index (χ3n) is 3.59. The number of hydrogen-bond donors (Lipinski definition) is 0. The second kappa shape index (κ2) is 5.40. The third kappa shape index (κ3) is 2.34. The molecule has 1 unspecified atom stereocenters.